The van der Waals surface area contributed by atoms with Gasteiger partial charge in [0.05, 0.1) is 17.2 Å². The van der Waals surface area contributed by atoms with Crippen molar-refractivity contribution in [2.45, 2.75) is 5.92 Å². The molecule has 0 bridgehead atoms. The molecule has 1 heterocycles. The van der Waals surface area contributed by atoms with E-state index in [9.17, 15) is 19.8 Å². The number of carboxylic acids is 2. The van der Waals surface area contributed by atoms with Crippen molar-refractivity contribution >= 4 is 52.1 Å². The maximum Gasteiger partial charge on any atom is 0.351 e. The van der Waals surface area contributed by atoms with Crippen LogP contribution in [-0.2, 0) is 9.59 Å². The first-order valence-electron chi connectivity index (χ1n) is 7.20. The molecule has 0 saturated carbocycles. The molecular weight excluding hydrogens is 365 g/mol. The smallest absolute Gasteiger partial charge is 0.351 e. The van der Waals surface area contributed by atoms with Gasteiger partial charge < -0.3 is 10.2 Å². The summed E-state index contributed by atoms with van der Waals surface area (Å²) in [6.45, 7) is 0. The van der Waals surface area contributed by atoms with Gasteiger partial charge in [0.25, 0.3) is 0 Å². The molecule has 0 fully saturated rings. The number of carbonyl (C=O) groups is 2. The van der Waals surface area contributed by atoms with E-state index in [0.717, 1.165) is 0 Å². The van der Waals surface area contributed by atoms with Crippen LogP contribution in [0.2, 0.25) is 10.0 Å². The maximum atomic E-state index is 11.7. The molecule has 25 heavy (non-hydrogen) atoms. The van der Waals surface area contributed by atoms with Crippen LogP contribution in [0.1, 0.15) is 17.0 Å². The summed E-state index contributed by atoms with van der Waals surface area (Å²) in [5.74, 6) is -3.31. The highest BCUT2D eigenvalue weighted by atomic mass is 35.5. The Bertz CT molecular complexity index is 936. The van der Waals surface area contributed by atoms with E-state index in [2.05, 4.69) is 4.99 Å². The SMILES string of the molecule is O=C(O)C1=Nc2cc(Cl)cc(Cl)c2C1/C=C(/C(=O)O)c1ccccc1. The Morgan fingerprint density at radius 3 is 2.36 bits per heavy atom. The monoisotopic (exact) mass is 375 g/mol. The number of rotatable bonds is 4. The molecule has 3 rings (SSSR count). The lowest BCUT2D eigenvalue weighted by Crippen LogP contribution is -2.18. The molecule has 1 aliphatic heterocycles. The van der Waals surface area contributed by atoms with Gasteiger partial charge in [-0.05, 0) is 17.7 Å². The van der Waals surface area contributed by atoms with Crippen molar-refractivity contribution in [2.75, 3.05) is 0 Å². The summed E-state index contributed by atoms with van der Waals surface area (Å²) in [6.07, 6.45) is 1.36. The van der Waals surface area contributed by atoms with Gasteiger partial charge in [-0.3, -0.25) is 0 Å². The molecule has 2 aromatic rings. The zero-order valence-electron chi connectivity index (χ0n) is 12.6. The van der Waals surface area contributed by atoms with E-state index in [4.69, 9.17) is 23.2 Å². The lowest BCUT2D eigenvalue weighted by molar-refractivity contribution is -0.131. The van der Waals surface area contributed by atoms with E-state index >= 15 is 0 Å². The number of carboxylic acid groups (broad SMARTS) is 2. The quantitative estimate of drug-likeness (QED) is 0.774. The normalized spacial score (nSPS) is 16.3. The van der Waals surface area contributed by atoms with E-state index < -0.39 is 17.9 Å². The highest BCUT2D eigenvalue weighted by molar-refractivity contribution is 6.43. The maximum absolute atomic E-state index is 11.7. The fourth-order valence-electron chi connectivity index (χ4n) is 2.73. The van der Waals surface area contributed by atoms with Crippen LogP contribution in [0.4, 0.5) is 5.69 Å². The highest BCUT2D eigenvalue weighted by Crippen LogP contribution is 2.44. The predicted molar refractivity (Wildman–Crippen MR) is 96.0 cm³/mol. The highest BCUT2D eigenvalue weighted by Gasteiger charge is 2.33. The summed E-state index contributed by atoms with van der Waals surface area (Å²) < 4.78 is 0. The first-order chi connectivity index (χ1) is 11.9. The third-order valence-electron chi connectivity index (χ3n) is 3.79. The van der Waals surface area contributed by atoms with Gasteiger partial charge in [-0.2, -0.15) is 0 Å². The average Bonchev–Trinajstić information content (AvgIpc) is 2.91. The second kappa shape index (κ2) is 6.70. The van der Waals surface area contributed by atoms with Gasteiger partial charge >= 0.3 is 11.9 Å². The Hall–Kier alpha value is -2.63. The van der Waals surface area contributed by atoms with Crippen LogP contribution < -0.4 is 0 Å². The third kappa shape index (κ3) is 3.29. The fraction of sp³-hybridized carbons (Fsp3) is 0.0556. The minimum atomic E-state index is -1.25. The largest absolute Gasteiger partial charge is 0.478 e. The number of aliphatic imine (C=N–C) groups is 1. The average molecular weight is 376 g/mol. The number of hydrogen-bond acceptors (Lipinski definition) is 3. The van der Waals surface area contributed by atoms with Gasteiger partial charge in [-0.1, -0.05) is 59.6 Å². The molecule has 1 aliphatic rings. The first kappa shape index (κ1) is 17.2. The van der Waals surface area contributed by atoms with Crippen LogP contribution in [0.5, 0.6) is 0 Å². The van der Waals surface area contributed by atoms with E-state index in [1.807, 2.05) is 0 Å². The number of allylic oxidation sites excluding steroid dienone is 1. The lowest BCUT2D eigenvalue weighted by Gasteiger charge is -2.12. The standard InChI is InChI=1S/C18H11Cl2NO4/c19-10-6-13(20)15-12(16(18(24)25)21-14(15)7-10)8-11(17(22)23)9-4-2-1-3-5-9/h1-8,12H,(H,22,23)(H,24,25)/b11-8+. The van der Waals surface area contributed by atoms with Gasteiger partial charge in [0.2, 0.25) is 0 Å². The Morgan fingerprint density at radius 2 is 1.76 bits per heavy atom. The number of halogens is 2. The van der Waals surface area contributed by atoms with Crippen LogP contribution in [0.25, 0.3) is 5.57 Å². The molecule has 5 nitrogen and oxygen atoms in total. The van der Waals surface area contributed by atoms with Crippen molar-refractivity contribution in [3.05, 3.63) is 69.7 Å². The van der Waals surface area contributed by atoms with E-state index in [1.54, 1.807) is 30.3 Å². The molecule has 7 heteroatoms. The molecule has 0 spiro atoms. The van der Waals surface area contributed by atoms with Crippen molar-refractivity contribution in [1.82, 2.24) is 0 Å². The Balaban J connectivity index is 2.19. The summed E-state index contributed by atoms with van der Waals surface area (Å²) in [5.41, 5.74) is 0.984. The summed E-state index contributed by atoms with van der Waals surface area (Å²) in [5, 5.41) is 19.6. The minimum Gasteiger partial charge on any atom is -0.478 e. The summed E-state index contributed by atoms with van der Waals surface area (Å²) in [6, 6.07) is 11.4. The Morgan fingerprint density at radius 1 is 1.08 bits per heavy atom. The number of hydrogen-bond donors (Lipinski definition) is 2. The number of fused-ring (bicyclic) bond motifs is 1. The van der Waals surface area contributed by atoms with Crippen molar-refractivity contribution in [3.8, 4) is 0 Å². The molecule has 1 atom stereocenters. The van der Waals surface area contributed by atoms with Crippen molar-refractivity contribution < 1.29 is 19.8 Å². The van der Waals surface area contributed by atoms with E-state index in [1.165, 1.54) is 18.2 Å². The van der Waals surface area contributed by atoms with E-state index in [-0.39, 0.29) is 16.3 Å². The van der Waals surface area contributed by atoms with E-state index in [0.29, 0.717) is 21.8 Å². The molecule has 2 aromatic carbocycles. The zero-order valence-corrected chi connectivity index (χ0v) is 14.1. The van der Waals surface area contributed by atoms with Crippen LogP contribution in [0.15, 0.2) is 53.5 Å². The van der Waals surface area contributed by atoms with Crippen molar-refractivity contribution in [2.24, 2.45) is 4.99 Å². The molecule has 0 saturated heterocycles. The van der Waals surface area contributed by atoms with Crippen LogP contribution >= 0.6 is 23.2 Å². The van der Waals surface area contributed by atoms with Gasteiger partial charge in [-0.15, -0.1) is 0 Å². The number of nitrogens with zero attached hydrogens (tertiary/aromatic N) is 1. The van der Waals surface area contributed by atoms with Crippen molar-refractivity contribution in [1.29, 1.82) is 0 Å². The molecule has 126 valence electrons. The second-order valence-corrected chi connectivity index (χ2v) is 6.20. The molecule has 0 aliphatic carbocycles. The van der Waals surface area contributed by atoms with Crippen LogP contribution in [0.3, 0.4) is 0 Å². The van der Waals surface area contributed by atoms with Crippen LogP contribution in [0, 0.1) is 0 Å². The summed E-state index contributed by atoms with van der Waals surface area (Å²) >= 11 is 12.2. The molecule has 2 N–H and O–H groups in total. The molecular formula is C18H11Cl2NO4. The van der Waals surface area contributed by atoms with Crippen LogP contribution in [-0.4, -0.2) is 27.9 Å². The molecule has 0 amide bonds. The van der Waals surface area contributed by atoms with Gasteiger partial charge in [0.1, 0.15) is 5.71 Å². The Kier molecular flexibility index (Phi) is 4.61. The fourth-order valence-corrected chi connectivity index (χ4v) is 3.33. The second-order valence-electron chi connectivity index (χ2n) is 5.35. The van der Waals surface area contributed by atoms with Gasteiger partial charge in [0, 0.05) is 15.6 Å². The summed E-state index contributed by atoms with van der Waals surface area (Å²) in [4.78, 5) is 27.4. The molecule has 0 radical (unpaired) electrons. The number of aliphatic carboxylic acids is 2. The zero-order chi connectivity index (χ0) is 18.1. The Labute approximate surface area is 152 Å². The first-order valence-corrected chi connectivity index (χ1v) is 7.95. The number of benzene rings is 2. The van der Waals surface area contributed by atoms with Gasteiger partial charge in [-0.25, -0.2) is 14.6 Å². The lowest BCUT2D eigenvalue weighted by atomic mass is 9.91. The van der Waals surface area contributed by atoms with Crippen molar-refractivity contribution in [3.63, 3.8) is 0 Å². The minimum absolute atomic E-state index is 0.0292. The topological polar surface area (TPSA) is 87.0 Å². The van der Waals surface area contributed by atoms with Gasteiger partial charge in [0.15, 0.2) is 0 Å². The predicted octanol–water partition coefficient (Wildman–Crippen LogP) is 4.42. The molecule has 1 unspecified atom stereocenters. The molecule has 0 aromatic heterocycles. The third-order valence-corrected chi connectivity index (χ3v) is 4.32. The summed E-state index contributed by atoms with van der Waals surface area (Å²) in [7, 11) is 0.